The van der Waals surface area contributed by atoms with Crippen LogP contribution in [-0.2, 0) is 13.2 Å². The van der Waals surface area contributed by atoms with Crippen molar-refractivity contribution in [2.45, 2.75) is 20.1 Å². The Hall–Kier alpha value is -3.11. The highest BCUT2D eigenvalue weighted by molar-refractivity contribution is 9.11. The summed E-state index contributed by atoms with van der Waals surface area (Å²) < 4.78 is 8.69. The third-order valence-corrected chi connectivity index (χ3v) is 5.80. The molecule has 0 fully saturated rings. The van der Waals surface area contributed by atoms with E-state index in [0.717, 1.165) is 5.56 Å². The van der Waals surface area contributed by atoms with Gasteiger partial charge in [-0.15, -0.1) is 0 Å². The van der Waals surface area contributed by atoms with Crippen LogP contribution in [0.5, 0.6) is 5.75 Å². The number of aryl methyl sites for hydroxylation is 1. The van der Waals surface area contributed by atoms with Gasteiger partial charge < -0.3 is 15.6 Å². The molecular weight excluding hydrogens is 538 g/mol. The number of aliphatic hydroxyl groups is 1. The van der Waals surface area contributed by atoms with Crippen molar-refractivity contribution in [1.82, 2.24) is 9.78 Å². The van der Waals surface area contributed by atoms with E-state index < -0.39 is 0 Å². The fourth-order valence-corrected chi connectivity index (χ4v) is 4.45. The lowest BCUT2D eigenvalue weighted by Gasteiger charge is -2.12. The number of ether oxygens (including phenoxy) is 1. The van der Waals surface area contributed by atoms with E-state index in [0.29, 0.717) is 26.9 Å². The van der Waals surface area contributed by atoms with E-state index in [1.165, 1.54) is 10.2 Å². The van der Waals surface area contributed by atoms with E-state index in [4.69, 9.17) is 15.6 Å². The molecule has 0 aliphatic heterocycles. The Bertz CT molecular complexity index is 1230. The fourth-order valence-electron chi connectivity index (χ4n) is 3.00. The van der Waals surface area contributed by atoms with E-state index in [1.807, 2.05) is 49.4 Å². The van der Waals surface area contributed by atoms with Crippen LogP contribution < -0.4 is 10.5 Å². The second-order valence-corrected chi connectivity index (χ2v) is 8.63. The van der Waals surface area contributed by atoms with Crippen molar-refractivity contribution in [2.75, 3.05) is 12.3 Å². The maximum absolute atomic E-state index is 9.70. The van der Waals surface area contributed by atoms with E-state index >= 15 is 0 Å². The molecule has 1 heterocycles. The van der Waals surface area contributed by atoms with Crippen molar-refractivity contribution in [3.63, 3.8) is 0 Å². The van der Waals surface area contributed by atoms with Crippen molar-refractivity contribution >= 4 is 49.3 Å². The number of nitriles is 2. The average molecular weight is 557 g/mol. The van der Waals surface area contributed by atoms with Crippen molar-refractivity contribution < 1.29 is 9.84 Å². The molecule has 7 nitrogen and oxygen atoms in total. The Labute approximate surface area is 202 Å². The first-order valence-electron chi connectivity index (χ1n) is 9.54. The highest BCUT2D eigenvalue weighted by Crippen LogP contribution is 2.36. The molecule has 0 saturated carbocycles. The molecule has 0 saturated heterocycles. The largest absolute Gasteiger partial charge is 0.487 e. The number of halogens is 2. The molecule has 0 unspecified atom stereocenters. The lowest BCUT2D eigenvalue weighted by Crippen LogP contribution is -2.07. The number of hydrogen-bond donors (Lipinski definition) is 2. The maximum atomic E-state index is 9.70. The van der Waals surface area contributed by atoms with Crippen LogP contribution in [0.1, 0.15) is 27.9 Å². The fraction of sp³-hybridized carbons (Fsp3) is 0.174. The van der Waals surface area contributed by atoms with Crippen LogP contribution >= 0.6 is 31.9 Å². The molecule has 1 aromatic heterocycles. The van der Waals surface area contributed by atoms with Gasteiger partial charge in [0.1, 0.15) is 41.6 Å². The zero-order chi connectivity index (χ0) is 23.3. The average Bonchev–Trinajstić information content (AvgIpc) is 3.08. The first-order chi connectivity index (χ1) is 15.4. The second kappa shape index (κ2) is 10.5. The summed E-state index contributed by atoms with van der Waals surface area (Å²) in [4.78, 5) is 0. The molecule has 0 radical (unpaired) electrons. The van der Waals surface area contributed by atoms with Crippen molar-refractivity contribution in [2.24, 2.45) is 0 Å². The first-order valence-corrected chi connectivity index (χ1v) is 11.1. The molecular formula is C23H19Br2N5O2. The maximum Gasteiger partial charge on any atom is 0.148 e. The summed E-state index contributed by atoms with van der Waals surface area (Å²) in [6.07, 6.45) is 1.62. The smallest absolute Gasteiger partial charge is 0.148 e. The summed E-state index contributed by atoms with van der Waals surface area (Å²) in [7, 11) is 0. The van der Waals surface area contributed by atoms with Crippen LogP contribution in [0.3, 0.4) is 0 Å². The van der Waals surface area contributed by atoms with Gasteiger partial charge in [-0.3, -0.25) is 0 Å². The van der Waals surface area contributed by atoms with Crippen molar-refractivity contribution in [3.05, 3.63) is 73.3 Å². The number of aromatic nitrogens is 2. The van der Waals surface area contributed by atoms with Gasteiger partial charge in [0.05, 0.1) is 27.7 Å². The van der Waals surface area contributed by atoms with Crippen LogP contribution in [-0.4, -0.2) is 21.5 Å². The molecule has 3 aromatic rings. The number of anilines is 1. The molecule has 162 valence electrons. The molecule has 0 aliphatic carbocycles. The summed E-state index contributed by atoms with van der Waals surface area (Å²) in [5.74, 6) is 0.746. The molecule has 32 heavy (non-hydrogen) atoms. The normalized spacial score (nSPS) is 11.1. The van der Waals surface area contributed by atoms with Gasteiger partial charge in [0.2, 0.25) is 0 Å². The zero-order valence-corrected chi connectivity index (χ0v) is 20.3. The molecule has 3 N–H and O–H groups in total. The Kier molecular flexibility index (Phi) is 7.70. The molecule has 2 aromatic carbocycles. The van der Waals surface area contributed by atoms with Crippen LogP contribution in [0.25, 0.3) is 11.6 Å². The highest BCUT2D eigenvalue weighted by atomic mass is 79.9. The molecule has 0 amide bonds. The van der Waals surface area contributed by atoms with Gasteiger partial charge >= 0.3 is 0 Å². The third-order valence-electron chi connectivity index (χ3n) is 4.63. The number of benzene rings is 2. The van der Waals surface area contributed by atoms with E-state index in [2.05, 4.69) is 43.0 Å². The molecule has 0 spiro atoms. The minimum absolute atomic E-state index is 0.0995. The van der Waals surface area contributed by atoms with Gasteiger partial charge in [0.25, 0.3) is 0 Å². The molecule has 0 aliphatic rings. The molecule has 0 atom stereocenters. The number of allylic oxidation sites excluding steroid dienone is 1. The number of nitrogens with zero attached hydrogens (tertiary/aromatic N) is 4. The van der Waals surface area contributed by atoms with E-state index in [-0.39, 0.29) is 35.8 Å². The third kappa shape index (κ3) is 5.20. The molecule has 9 heteroatoms. The monoisotopic (exact) mass is 555 g/mol. The van der Waals surface area contributed by atoms with E-state index in [1.54, 1.807) is 6.08 Å². The van der Waals surface area contributed by atoms with Crippen LogP contribution in [0.15, 0.2) is 45.3 Å². The summed E-state index contributed by atoms with van der Waals surface area (Å²) in [6, 6.07) is 15.8. The lowest BCUT2D eigenvalue weighted by molar-refractivity contribution is 0.270. The quantitative estimate of drug-likeness (QED) is 0.403. The zero-order valence-electron chi connectivity index (χ0n) is 17.1. The van der Waals surface area contributed by atoms with Crippen LogP contribution in [0, 0.1) is 29.6 Å². The summed E-state index contributed by atoms with van der Waals surface area (Å²) in [5.41, 5.74) is 9.32. The number of nitrogens with two attached hydrogens (primary N) is 1. The van der Waals surface area contributed by atoms with Crippen LogP contribution in [0.4, 0.5) is 5.82 Å². The minimum Gasteiger partial charge on any atom is -0.487 e. The van der Waals surface area contributed by atoms with Gasteiger partial charge in [0.15, 0.2) is 0 Å². The minimum atomic E-state index is -0.189. The highest BCUT2D eigenvalue weighted by Gasteiger charge is 2.19. The standard InChI is InChI=1S/C23H19Br2N5O2/c1-14-2-4-15(5-3-14)13-32-22-19(24)9-16(10-20(22)25)8-17(11-26)21-18(12-27)23(28)30(29-21)6-7-31/h2-5,8-10,31H,6-7,13,28H2,1H3/b17-8-. The number of nitrogen functional groups attached to an aromatic ring is 1. The van der Waals surface area contributed by atoms with Gasteiger partial charge in [0, 0.05) is 0 Å². The summed E-state index contributed by atoms with van der Waals surface area (Å²) in [5, 5.41) is 32.6. The number of hydrogen-bond acceptors (Lipinski definition) is 6. The summed E-state index contributed by atoms with van der Waals surface area (Å²) in [6.45, 7) is 2.38. The molecule has 3 rings (SSSR count). The van der Waals surface area contributed by atoms with Gasteiger partial charge in [-0.05, 0) is 68.1 Å². The van der Waals surface area contributed by atoms with Crippen LogP contribution in [0.2, 0.25) is 0 Å². The Balaban J connectivity index is 1.91. The predicted molar refractivity (Wildman–Crippen MR) is 129 cm³/mol. The van der Waals surface area contributed by atoms with Gasteiger partial charge in [-0.25, -0.2) is 4.68 Å². The Morgan fingerprint density at radius 1 is 1.22 bits per heavy atom. The van der Waals surface area contributed by atoms with Crippen molar-refractivity contribution in [3.8, 4) is 17.9 Å². The summed E-state index contributed by atoms with van der Waals surface area (Å²) >= 11 is 7.06. The van der Waals surface area contributed by atoms with Gasteiger partial charge in [-0.1, -0.05) is 29.8 Å². The predicted octanol–water partition coefficient (Wildman–Crippen LogP) is 4.81. The molecule has 0 bridgehead atoms. The first kappa shape index (κ1) is 23.6. The topological polar surface area (TPSA) is 121 Å². The van der Waals surface area contributed by atoms with Crippen molar-refractivity contribution in [1.29, 1.82) is 10.5 Å². The Morgan fingerprint density at radius 3 is 2.44 bits per heavy atom. The number of aliphatic hydroxyl groups excluding tert-OH is 1. The van der Waals surface area contributed by atoms with E-state index in [9.17, 15) is 10.5 Å². The Morgan fingerprint density at radius 2 is 1.88 bits per heavy atom. The van der Waals surface area contributed by atoms with Gasteiger partial charge in [-0.2, -0.15) is 15.6 Å². The lowest BCUT2D eigenvalue weighted by atomic mass is 10.1. The number of rotatable bonds is 7. The second-order valence-electron chi connectivity index (χ2n) is 6.93. The SMILES string of the molecule is Cc1ccc(COc2c(Br)cc(/C=C(/C#N)c3nn(CCO)c(N)c3C#N)cc2Br)cc1.